The van der Waals surface area contributed by atoms with Crippen LogP contribution in [0.15, 0.2) is 64.9 Å². The molecule has 0 amide bonds. The molecule has 0 fully saturated rings. The maximum absolute atomic E-state index is 14.0. The molecule has 6 nitrogen and oxygen atoms in total. The third-order valence-electron chi connectivity index (χ3n) is 4.17. The van der Waals surface area contributed by atoms with Gasteiger partial charge in [-0.15, -0.1) is 10.2 Å². The summed E-state index contributed by atoms with van der Waals surface area (Å²) in [5.74, 6) is -0.713. The molecule has 1 aliphatic rings. The van der Waals surface area contributed by atoms with Crippen molar-refractivity contribution in [2.24, 2.45) is 5.10 Å². The molecule has 1 aliphatic heterocycles. The Labute approximate surface area is 158 Å². The number of thioether (sulfide) groups is 1. The highest BCUT2D eigenvalue weighted by atomic mass is 32.2. The fourth-order valence-corrected chi connectivity index (χ4v) is 4.01. The van der Waals surface area contributed by atoms with Gasteiger partial charge in [0.1, 0.15) is 5.82 Å². The van der Waals surface area contributed by atoms with Gasteiger partial charge in [0, 0.05) is 6.42 Å². The topological polar surface area (TPSA) is 80.4 Å². The molecular formula is C19H15FN4O2S. The summed E-state index contributed by atoms with van der Waals surface area (Å²) in [6.07, 6.45) is 0.170. The van der Waals surface area contributed by atoms with E-state index >= 15 is 0 Å². The van der Waals surface area contributed by atoms with Gasteiger partial charge in [-0.25, -0.2) is 4.39 Å². The molecule has 4 rings (SSSR count). The van der Waals surface area contributed by atoms with Crippen LogP contribution in [0.2, 0.25) is 0 Å². The minimum Gasteiger partial charge on any atom is -0.481 e. The van der Waals surface area contributed by atoms with Crippen molar-refractivity contribution in [2.45, 2.75) is 23.2 Å². The highest BCUT2D eigenvalue weighted by molar-refractivity contribution is 8.00. The molecule has 1 atom stereocenters. The standard InChI is InChI=1S/C19H15FN4O2S/c20-14-9-5-4-8-13(14)10-16-21-22-19-24(16)23-18(12-6-2-1-3-7-12)15(27-19)11-17(25)26/h1-9,15H,10-11H2,(H,25,26)/t15-/m1/s1. The number of hydrogen-bond acceptors (Lipinski definition) is 5. The number of aromatic nitrogens is 3. The average Bonchev–Trinajstić information content (AvgIpc) is 3.05. The molecule has 0 saturated heterocycles. The van der Waals surface area contributed by atoms with Gasteiger partial charge in [-0.3, -0.25) is 4.79 Å². The van der Waals surface area contributed by atoms with Gasteiger partial charge in [0.15, 0.2) is 5.82 Å². The second-order valence-corrected chi connectivity index (χ2v) is 7.20. The maximum Gasteiger partial charge on any atom is 0.304 e. The summed E-state index contributed by atoms with van der Waals surface area (Å²) in [5.41, 5.74) is 1.99. The van der Waals surface area contributed by atoms with Crippen molar-refractivity contribution in [2.75, 3.05) is 0 Å². The SMILES string of the molecule is O=C(O)C[C@H]1Sc2nnc(Cc3ccccc3F)n2N=C1c1ccccc1. The van der Waals surface area contributed by atoms with Crippen LogP contribution < -0.4 is 0 Å². The van der Waals surface area contributed by atoms with Crippen LogP contribution in [0.1, 0.15) is 23.4 Å². The van der Waals surface area contributed by atoms with E-state index in [0.29, 0.717) is 22.3 Å². The molecule has 2 aromatic carbocycles. The van der Waals surface area contributed by atoms with Gasteiger partial charge in [0.05, 0.1) is 17.4 Å². The molecule has 0 aliphatic carbocycles. The van der Waals surface area contributed by atoms with Gasteiger partial charge >= 0.3 is 5.97 Å². The summed E-state index contributed by atoms with van der Waals surface area (Å²) >= 11 is 1.31. The van der Waals surface area contributed by atoms with Gasteiger partial charge in [-0.05, 0) is 17.2 Å². The van der Waals surface area contributed by atoms with E-state index in [2.05, 4.69) is 15.3 Å². The third-order valence-corrected chi connectivity index (χ3v) is 5.31. The number of carboxylic acids is 1. The van der Waals surface area contributed by atoms with Crippen molar-refractivity contribution in [3.05, 3.63) is 77.4 Å². The Morgan fingerprint density at radius 1 is 1.11 bits per heavy atom. The summed E-state index contributed by atoms with van der Waals surface area (Å²) in [6.45, 7) is 0. The Balaban J connectivity index is 1.74. The van der Waals surface area contributed by atoms with Crippen molar-refractivity contribution in [3.8, 4) is 0 Å². The van der Waals surface area contributed by atoms with Crippen molar-refractivity contribution in [3.63, 3.8) is 0 Å². The number of fused-ring (bicyclic) bond motifs is 1. The fraction of sp³-hybridized carbons (Fsp3) is 0.158. The van der Waals surface area contributed by atoms with Gasteiger partial charge in [-0.2, -0.15) is 9.78 Å². The summed E-state index contributed by atoms with van der Waals surface area (Å²) < 4.78 is 15.6. The minimum atomic E-state index is -0.907. The third kappa shape index (κ3) is 3.61. The van der Waals surface area contributed by atoms with E-state index in [0.717, 1.165) is 5.56 Å². The van der Waals surface area contributed by atoms with Gasteiger partial charge in [0.2, 0.25) is 5.16 Å². The zero-order valence-corrected chi connectivity index (χ0v) is 14.9. The van der Waals surface area contributed by atoms with Crippen LogP contribution in [0.25, 0.3) is 0 Å². The molecule has 0 radical (unpaired) electrons. The lowest BCUT2D eigenvalue weighted by molar-refractivity contribution is -0.136. The molecule has 0 spiro atoms. The van der Waals surface area contributed by atoms with Crippen LogP contribution in [0, 0.1) is 5.82 Å². The van der Waals surface area contributed by atoms with E-state index in [-0.39, 0.29) is 23.9 Å². The van der Waals surface area contributed by atoms with Crippen LogP contribution >= 0.6 is 11.8 Å². The first-order chi connectivity index (χ1) is 13.1. The number of halogens is 1. The van der Waals surface area contributed by atoms with E-state index in [1.54, 1.807) is 22.9 Å². The van der Waals surface area contributed by atoms with Gasteiger partial charge < -0.3 is 5.11 Å². The Hall–Kier alpha value is -3.00. The number of rotatable bonds is 5. The molecule has 136 valence electrons. The summed E-state index contributed by atoms with van der Waals surface area (Å²) in [6, 6.07) is 15.9. The molecule has 8 heteroatoms. The molecule has 27 heavy (non-hydrogen) atoms. The average molecular weight is 382 g/mol. The first-order valence-electron chi connectivity index (χ1n) is 8.32. The van der Waals surface area contributed by atoms with E-state index < -0.39 is 5.97 Å². The molecule has 0 bridgehead atoms. The maximum atomic E-state index is 14.0. The van der Waals surface area contributed by atoms with Crippen LogP contribution in [-0.4, -0.2) is 36.9 Å². The highest BCUT2D eigenvalue weighted by Gasteiger charge is 2.30. The Bertz CT molecular complexity index is 1020. The zero-order chi connectivity index (χ0) is 18.8. The number of aliphatic carboxylic acids is 1. The summed E-state index contributed by atoms with van der Waals surface area (Å²) in [7, 11) is 0. The molecule has 0 unspecified atom stereocenters. The molecule has 2 heterocycles. The number of carboxylic acid groups (broad SMARTS) is 1. The van der Waals surface area contributed by atoms with E-state index in [4.69, 9.17) is 0 Å². The minimum absolute atomic E-state index is 0.0755. The van der Waals surface area contributed by atoms with Crippen molar-refractivity contribution in [1.29, 1.82) is 0 Å². The lowest BCUT2D eigenvalue weighted by Gasteiger charge is -2.22. The second kappa shape index (κ2) is 7.32. The summed E-state index contributed by atoms with van der Waals surface area (Å²) in [4.78, 5) is 11.3. The normalized spacial score (nSPS) is 15.9. The lowest BCUT2D eigenvalue weighted by atomic mass is 10.1. The monoisotopic (exact) mass is 382 g/mol. The van der Waals surface area contributed by atoms with Gasteiger partial charge in [-0.1, -0.05) is 60.3 Å². The molecule has 3 aromatic rings. The van der Waals surface area contributed by atoms with E-state index in [9.17, 15) is 14.3 Å². The number of carbonyl (C=O) groups is 1. The Morgan fingerprint density at radius 3 is 2.59 bits per heavy atom. The van der Waals surface area contributed by atoms with E-state index in [1.165, 1.54) is 17.8 Å². The van der Waals surface area contributed by atoms with Crippen LogP contribution in [0.3, 0.4) is 0 Å². The predicted molar refractivity (Wildman–Crippen MR) is 99.5 cm³/mol. The molecule has 0 saturated carbocycles. The Kier molecular flexibility index (Phi) is 4.72. The van der Waals surface area contributed by atoms with Gasteiger partial charge in [0.25, 0.3) is 0 Å². The zero-order valence-electron chi connectivity index (χ0n) is 14.1. The quantitative estimate of drug-likeness (QED) is 0.733. The van der Waals surface area contributed by atoms with Crippen molar-refractivity contribution < 1.29 is 14.3 Å². The molecule has 1 N–H and O–H groups in total. The number of hydrogen-bond donors (Lipinski definition) is 1. The van der Waals surface area contributed by atoms with Crippen LogP contribution in [0.5, 0.6) is 0 Å². The first-order valence-corrected chi connectivity index (χ1v) is 9.20. The smallest absolute Gasteiger partial charge is 0.304 e. The number of benzene rings is 2. The highest BCUT2D eigenvalue weighted by Crippen LogP contribution is 2.32. The van der Waals surface area contributed by atoms with Crippen molar-refractivity contribution >= 4 is 23.4 Å². The van der Waals surface area contributed by atoms with E-state index in [1.807, 2.05) is 30.3 Å². The summed E-state index contributed by atoms with van der Waals surface area (Å²) in [5, 5.41) is 22.3. The van der Waals surface area contributed by atoms with Crippen LogP contribution in [-0.2, 0) is 11.2 Å². The second-order valence-electron chi connectivity index (χ2n) is 6.03. The molecular weight excluding hydrogens is 367 g/mol. The molecule has 1 aromatic heterocycles. The Morgan fingerprint density at radius 2 is 1.85 bits per heavy atom. The lowest BCUT2D eigenvalue weighted by Crippen LogP contribution is -2.27. The first kappa shape index (κ1) is 17.4. The number of nitrogens with zero attached hydrogens (tertiary/aromatic N) is 4. The predicted octanol–water partition coefficient (Wildman–Crippen LogP) is 3.21. The largest absolute Gasteiger partial charge is 0.481 e. The fourth-order valence-electron chi connectivity index (χ4n) is 2.90. The van der Waals surface area contributed by atoms with Crippen LogP contribution in [0.4, 0.5) is 4.39 Å². The van der Waals surface area contributed by atoms with Crippen molar-refractivity contribution in [1.82, 2.24) is 14.9 Å².